The number of hydrogen-bond donors (Lipinski definition) is 3. The topological polar surface area (TPSA) is 105 Å². The fourth-order valence-electron chi connectivity index (χ4n) is 1.74. The fourth-order valence-corrected chi connectivity index (χ4v) is 1.74. The molecule has 1 aromatic rings. The maximum absolute atomic E-state index is 13.5. The number of rotatable bonds is 7. The Labute approximate surface area is 131 Å². The molecule has 124 valence electrons. The van der Waals surface area contributed by atoms with Gasteiger partial charge in [-0.25, -0.2) is 13.6 Å². The van der Waals surface area contributed by atoms with Crippen molar-refractivity contribution in [1.82, 2.24) is 5.32 Å². The Kier molecular flexibility index (Phi) is 6.37. The Balaban J connectivity index is 2.86. The lowest BCUT2D eigenvalue weighted by Gasteiger charge is -2.11. The summed E-state index contributed by atoms with van der Waals surface area (Å²) in [5.41, 5.74) is 4.73. The predicted molar refractivity (Wildman–Crippen MR) is 79.9 cm³/mol. The maximum atomic E-state index is 13.5. The Hall–Kier alpha value is -2.77. The van der Waals surface area contributed by atoms with E-state index in [-0.39, 0.29) is 17.1 Å². The average molecular weight is 325 g/mol. The highest BCUT2D eigenvalue weighted by Crippen LogP contribution is 2.12. The number of hydrogen-bond acceptors (Lipinski definition) is 6. The second kappa shape index (κ2) is 8.02. The summed E-state index contributed by atoms with van der Waals surface area (Å²) in [5.74, 6) is -4.44. The van der Waals surface area contributed by atoms with Gasteiger partial charge in [-0.15, -0.1) is 0 Å². The molecule has 6 nitrogen and oxygen atoms in total. The lowest BCUT2D eigenvalue weighted by molar-refractivity contribution is -0.137. The van der Waals surface area contributed by atoms with Crippen LogP contribution in [0.4, 0.5) is 8.78 Å². The quantitative estimate of drug-likeness (QED) is 0.305. The van der Waals surface area contributed by atoms with Crippen LogP contribution in [0.15, 0.2) is 29.6 Å². The fraction of sp³-hybridized carbons (Fsp3) is 0.267. The summed E-state index contributed by atoms with van der Waals surface area (Å²) in [6, 6.07) is 3.12. The summed E-state index contributed by atoms with van der Waals surface area (Å²) < 4.78 is 31.3. The predicted octanol–water partition coefficient (Wildman–Crippen LogP) is 1.51. The molecule has 8 heteroatoms. The smallest absolute Gasteiger partial charge is 0.344 e. The first-order valence-corrected chi connectivity index (χ1v) is 6.73. The Morgan fingerprint density at radius 3 is 2.57 bits per heavy atom. The zero-order valence-corrected chi connectivity index (χ0v) is 12.7. The molecule has 0 bridgehead atoms. The van der Waals surface area contributed by atoms with Gasteiger partial charge >= 0.3 is 5.97 Å². The van der Waals surface area contributed by atoms with Crippen LogP contribution >= 0.6 is 0 Å². The van der Waals surface area contributed by atoms with Crippen molar-refractivity contribution in [2.45, 2.75) is 13.8 Å². The molecule has 0 unspecified atom stereocenters. The summed E-state index contributed by atoms with van der Waals surface area (Å²) >= 11 is 0. The van der Waals surface area contributed by atoms with Crippen molar-refractivity contribution < 1.29 is 23.1 Å². The number of benzene rings is 1. The molecule has 0 aromatic heterocycles. The van der Waals surface area contributed by atoms with Gasteiger partial charge in [0.15, 0.2) is 18.2 Å². The van der Waals surface area contributed by atoms with Gasteiger partial charge in [0.25, 0.3) is 0 Å². The van der Waals surface area contributed by atoms with Crippen molar-refractivity contribution in [2.24, 2.45) is 5.73 Å². The van der Waals surface area contributed by atoms with Crippen LogP contribution in [0, 0.1) is 17.0 Å². The van der Waals surface area contributed by atoms with Crippen LogP contribution in [0.25, 0.3) is 0 Å². The van der Waals surface area contributed by atoms with Gasteiger partial charge < -0.3 is 21.2 Å². The molecule has 0 radical (unpaired) electrons. The molecule has 0 aliphatic carbocycles. The third-order valence-corrected chi connectivity index (χ3v) is 2.80. The number of carbonyl (C=O) groups excluding carboxylic acids is 2. The van der Waals surface area contributed by atoms with Crippen LogP contribution in [0.5, 0.6) is 0 Å². The number of nitrogens with one attached hydrogen (secondary N) is 2. The van der Waals surface area contributed by atoms with Crippen LogP contribution in [-0.4, -0.2) is 30.6 Å². The van der Waals surface area contributed by atoms with Crippen molar-refractivity contribution >= 4 is 17.5 Å². The number of ether oxygens (including phenoxy) is 1. The minimum absolute atomic E-state index is 0.0608. The van der Waals surface area contributed by atoms with E-state index < -0.39 is 35.6 Å². The Morgan fingerprint density at radius 1 is 1.35 bits per heavy atom. The summed E-state index contributed by atoms with van der Waals surface area (Å²) in [6.45, 7) is 2.69. The first kappa shape index (κ1) is 18.3. The lowest BCUT2D eigenvalue weighted by Crippen LogP contribution is -2.29. The largest absolute Gasteiger partial charge is 0.454 e. The van der Waals surface area contributed by atoms with Gasteiger partial charge in [0.1, 0.15) is 11.4 Å². The van der Waals surface area contributed by atoms with Gasteiger partial charge in [0.05, 0.1) is 5.56 Å². The normalized spacial score (nSPS) is 11.5. The molecule has 0 saturated carbocycles. The third kappa shape index (κ3) is 4.60. The molecule has 4 N–H and O–H groups in total. The molecular formula is C15H17F2N3O3. The summed E-state index contributed by atoms with van der Waals surface area (Å²) in [6.07, 6.45) is 0. The van der Waals surface area contributed by atoms with Crippen molar-refractivity contribution in [2.75, 3.05) is 13.2 Å². The molecule has 0 saturated heterocycles. The van der Waals surface area contributed by atoms with E-state index in [1.54, 1.807) is 6.92 Å². The van der Waals surface area contributed by atoms with Crippen LogP contribution in [0.3, 0.4) is 0 Å². The monoisotopic (exact) mass is 325 g/mol. The molecule has 23 heavy (non-hydrogen) atoms. The van der Waals surface area contributed by atoms with Gasteiger partial charge in [-0.05, 0) is 26.0 Å². The molecule has 0 fully saturated rings. The number of ketones is 1. The minimum Gasteiger partial charge on any atom is -0.454 e. The van der Waals surface area contributed by atoms with E-state index in [0.29, 0.717) is 6.54 Å². The maximum Gasteiger partial charge on any atom is 0.344 e. The highest BCUT2D eigenvalue weighted by molar-refractivity contribution is 6.18. The molecular weight excluding hydrogens is 308 g/mol. The Bertz CT molecular complexity index is 672. The van der Waals surface area contributed by atoms with E-state index in [1.807, 2.05) is 0 Å². The van der Waals surface area contributed by atoms with Crippen LogP contribution in [0.1, 0.15) is 24.2 Å². The summed E-state index contributed by atoms with van der Waals surface area (Å²) in [4.78, 5) is 23.7. The van der Waals surface area contributed by atoms with Crippen LogP contribution < -0.4 is 11.1 Å². The van der Waals surface area contributed by atoms with Crippen molar-refractivity contribution in [1.29, 1.82) is 5.41 Å². The zero-order valence-electron chi connectivity index (χ0n) is 12.7. The standard InChI is InChI=1S/C15H17F2N3O3/c1-3-20-14(19)12(8(2)18)15(22)23-7-11(21)9-5-4-6-10(16)13(9)17/h4-6,18,20H,3,7,19H2,1-2H3/b14-12+,18-8?. The van der Waals surface area contributed by atoms with Crippen molar-refractivity contribution in [3.8, 4) is 0 Å². The highest BCUT2D eigenvalue weighted by Gasteiger charge is 2.21. The van der Waals surface area contributed by atoms with E-state index in [4.69, 9.17) is 15.9 Å². The second-order valence-corrected chi connectivity index (χ2v) is 4.54. The first-order valence-electron chi connectivity index (χ1n) is 6.73. The molecule has 1 aromatic carbocycles. The van der Waals surface area contributed by atoms with E-state index >= 15 is 0 Å². The molecule has 0 spiro atoms. The van der Waals surface area contributed by atoms with Crippen molar-refractivity contribution in [3.63, 3.8) is 0 Å². The second-order valence-electron chi connectivity index (χ2n) is 4.54. The number of esters is 1. The number of carbonyl (C=O) groups is 2. The van der Waals surface area contributed by atoms with Gasteiger partial charge in [0, 0.05) is 12.3 Å². The minimum atomic E-state index is -1.31. The third-order valence-electron chi connectivity index (χ3n) is 2.80. The molecule has 0 amide bonds. The van der Waals surface area contributed by atoms with Crippen molar-refractivity contribution in [3.05, 3.63) is 46.8 Å². The van der Waals surface area contributed by atoms with E-state index in [0.717, 1.165) is 12.1 Å². The average Bonchev–Trinajstić information content (AvgIpc) is 2.47. The SMILES string of the molecule is CCN/C(N)=C(\C(C)=N)C(=O)OCC(=O)c1cccc(F)c1F. The van der Waals surface area contributed by atoms with Crippen LogP contribution in [-0.2, 0) is 9.53 Å². The number of Topliss-reactive ketones (excluding diaryl/α,β-unsaturated/α-hetero) is 1. The Morgan fingerprint density at radius 2 is 2.00 bits per heavy atom. The van der Waals surface area contributed by atoms with Gasteiger partial charge in [-0.1, -0.05) is 6.07 Å². The van der Waals surface area contributed by atoms with E-state index in [2.05, 4.69) is 5.32 Å². The molecule has 0 heterocycles. The van der Waals surface area contributed by atoms with Gasteiger partial charge in [0.2, 0.25) is 5.78 Å². The lowest BCUT2D eigenvalue weighted by atomic mass is 10.1. The molecule has 0 aliphatic heterocycles. The summed E-state index contributed by atoms with van der Waals surface area (Å²) in [5, 5.41) is 10.2. The summed E-state index contributed by atoms with van der Waals surface area (Å²) in [7, 11) is 0. The van der Waals surface area contributed by atoms with E-state index in [9.17, 15) is 18.4 Å². The van der Waals surface area contributed by atoms with E-state index in [1.165, 1.54) is 13.0 Å². The highest BCUT2D eigenvalue weighted by atomic mass is 19.2. The van der Waals surface area contributed by atoms with Gasteiger partial charge in [-0.2, -0.15) is 0 Å². The number of nitrogens with two attached hydrogens (primary N) is 1. The molecule has 0 aliphatic rings. The first-order chi connectivity index (χ1) is 10.8. The van der Waals surface area contributed by atoms with Crippen LogP contribution in [0.2, 0.25) is 0 Å². The number of halogens is 2. The molecule has 0 atom stereocenters. The van der Waals surface area contributed by atoms with Gasteiger partial charge in [-0.3, -0.25) is 4.79 Å². The zero-order chi connectivity index (χ0) is 17.6. The molecule has 1 rings (SSSR count).